The zero-order chi connectivity index (χ0) is 15.9. The summed E-state index contributed by atoms with van der Waals surface area (Å²) < 4.78 is 22.3. The van der Waals surface area contributed by atoms with Crippen molar-refractivity contribution in [1.29, 1.82) is 0 Å². The average Bonchev–Trinajstić information content (AvgIpc) is 2.75. The predicted octanol–water partition coefficient (Wildman–Crippen LogP) is 3.69. The molecule has 1 aromatic rings. The van der Waals surface area contributed by atoms with Crippen molar-refractivity contribution < 1.29 is 18.9 Å². The van der Waals surface area contributed by atoms with Gasteiger partial charge in [0.15, 0.2) is 11.5 Å². The fourth-order valence-electron chi connectivity index (χ4n) is 2.74. The number of ether oxygens (including phenoxy) is 4. The summed E-state index contributed by atoms with van der Waals surface area (Å²) in [6, 6.07) is 2.07. The number of fused-ring (bicyclic) bond motifs is 1. The van der Waals surface area contributed by atoms with Crippen LogP contribution in [-0.4, -0.2) is 46.2 Å². The van der Waals surface area contributed by atoms with Crippen molar-refractivity contribution in [3.05, 3.63) is 17.2 Å². The highest BCUT2D eigenvalue weighted by atomic mass is 35.5. The third-order valence-corrected chi connectivity index (χ3v) is 5.13. The number of thioether (sulfide) groups is 1. The third-order valence-electron chi connectivity index (χ3n) is 3.68. The molecule has 0 radical (unpaired) electrons. The molecule has 1 unspecified atom stereocenters. The zero-order valence-electron chi connectivity index (χ0n) is 13.3. The van der Waals surface area contributed by atoms with E-state index in [1.807, 2.05) is 11.8 Å². The molecule has 1 heterocycles. The minimum absolute atomic E-state index is 0.218. The van der Waals surface area contributed by atoms with Gasteiger partial charge in [-0.05, 0) is 30.2 Å². The Morgan fingerprint density at radius 1 is 1.18 bits per heavy atom. The Balaban J connectivity index is 2.45. The SMILES string of the molecule is COc1cc2c(c(OC)c1OC)C(COCCCl)SCCC2. The third kappa shape index (κ3) is 3.76. The van der Waals surface area contributed by atoms with Gasteiger partial charge in [0, 0.05) is 11.4 Å². The minimum Gasteiger partial charge on any atom is -0.493 e. The fraction of sp³-hybridized carbons (Fsp3) is 0.625. The van der Waals surface area contributed by atoms with Crippen LogP contribution in [-0.2, 0) is 11.2 Å². The maximum Gasteiger partial charge on any atom is 0.203 e. The summed E-state index contributed by atoms with van der Waals surface area (Å²) in [5.41, 5.74) is 2.41. The summed E-state index contributed by atoms with van der Waals surface area (Å²) in [4.78, 5) is 0. The monoisotopic (exact) mass is 346 g/mol. The highest BCUT2D eigenvalue weighted by molar-refractivity contribution is 7.99. The van der Waals surface area contributed by atoms with Crippen LogP contribution in [0.2, 0.25) is 0 Å². The first kappa shape index (κ1) is 17.6. The molecule has 1 atom stereocenters. The van der Waals surface area contributed by atoms with E-state index in [-0.39, 0.29) is 5.25 Å². The molecule has 0 amide bonds. The summed E-state index contributed by atoms with van der Waals surface area (Å²) in [6.07, 6.45) is 2.13. The molecule has 0 aliphatic carbocycles. The lowest BCUT2D eigenvalue weighted by Crippen LogP contribution is -2.10. The second kappa shape index (κ2) is 8.75. The van der Waals surface area contributed by atoms with Crippen LogP contribution in [0.25, 0.3) is 0 Å². The van der Waals surface area contributed by atoms with Gasteiger partial charge in [0.05, 0.1) is 39.8 Å². The molecule has 0 N–H and O–H groups in total. The Labute approximate surface area is 141 Å². The lowest BCUT2D eigenvalue weighted by Gasteiger charge is -2.23. The van der Waals surface area contributed by atoms with Gasteiger partial charge in [-0.25, -0.2) is 0 Å². The summed E-state index contributed by atoms with van der Waals surface area (Å²) in [6.45, 7) is 1.18. The number of halogens is 1. The predicted molar refractivity (Wildman–Crippen MR) is 91.2 cm³/mol. The largest absolute Gasteiger partial charge is 0.493 e. The van der Waals surface area contributed by atoms with E-state index in [0.29, 0.717) is 30.6 Å². The molecule has 1 aliphatic heterocycles. The van der Waals surface area contributed by atoms with Gasteiger partial charge >= 0.3 is 0 Å². The normalized spacial score (nSPS) is 17.5. The van der Waals surface area contributed by atoms with Crippen molar-refractivity contribution >= 4 is 23.4 Å². The van der Waals surface area contributed by atoms with E-state index in [9.17, 15) is 0 Å². The lowest BCUT2D eigenvalue weighted by atomic mass is 9.98. The minimum atomic E-state index is 0.218. The Hall–Kier alpha value is -0.780. The summed E-state index contributed by atoms with van der Waals surface area (Å²) in [5, 5.41) is 0.218. The molecule has 124 valence electrons. The second-order valence-corrected chi connectivity index (χ2v) is 6.63. The van der Waals surface area contributed by atoms with Gasteiger partial charge in [-0.2, -0.15) is 11.8 Å². The molecule has 0 fully saturated rings. The first-order valence-corrected chi connectivity index (χ1v) is 8.92. The molecule has 2 rings (SSSR count). The van der Waals surface area contributed by atoms with Crippen LogP contribution in [0.15, 0.2) is 6.07 Å². The van der Waals surface area contributed by atoms with Gasteiger partial charge in [-0.3, -0.25) is 0 Å². The van der Waals surface area contributed by atoms with E-state index in [1.165, 1.54) is 5.56 Å². The van der Waals surface area contributed by atoms with E-state index < -0.39 is 0 Å². The molecule has 4 nitrogen and oxygen atoms in total. The van der Waals surface area contributed by atoms with Gasteiger partial charge in [0.1, 0.15) is 0 Å². The fourth-order valence-corrected chi connectivity index (χ4v) is 4.06. The van der Waals surface area contributed by atoms with Crippen molar-refractivity contribution in [2.45, 2.75) is 18.1 Å². The summed E-state index contributed by atoms with van der Waals surface area (Å²) in [7, 11) is 4.95. The van der Waals surface area contributed by atoms with Crippen molar-refractivity contribution in [1.82, 2.24) is 0 Å². The summed E-state index contributed by atoms with van der Waals surface area (Å²) in [5.74, 6) is 3.72. The van der Waals surface area contributed by atoms with Crippen LogP contribution in [0.3, 0.4) is 0 Å². The summed E-state index contributed by atoms with van der Waals surface area (Å²) >= 11 is 7.60. The van der Waals surface area contributed by atoms with Gasteiger partial charge in [0.25, 0.3) is 0 Å². The van der Waals surface area contributed by atoms with E-state index in [1.54, 1.807) is 21.3 Å². The van der Waals surface area contributed by atoms with Crippen LogP contribution < -0.4 is 14.2 Å². The number of hydrogen-bond acceptors (Lipinski definition) is 5. The number of aryl methyl sites for hydroxylation is 1. The molecule has 1 aliphatic rings. The van der Waals surface area contributed by atoms with Crippen molar-refractivity contribution in [3.8, 4) is 17.2 Å². The Bertz CT molecular complexity index is 496. The van der Waals surface area contributed by atoms with Gasteiger partial charge < -0.3 is 18.9 Å². The molecular weight excluding hydrogens is 324 g/mol. The van der Waals surface area contributed by atoms with Crippen molar-refractivity contribution in [2.24, 2.45) is 0 Å². The van der Waals surface area contributed by atoms with Crippen LogP contribution in [0.5, 0.6) is 17.2 Å². The molecule has 1 aromatic carbocycles. The Morgan fingerprint density at radius 2 is 1.95 bits per heavy atom. The maximum absolute atomic E-state index is 5.70. The molecular formula is C16H23ClO4S. The highest BCUT2D eigenvalue weighted by Gasteiger charge is 2.28. The van der Waals surface area contributed by atoms with Crippen molar-refractivity contribution in [3.63, 3.8) is 0 Å². The first-order chi connectivity index (χ1) is 10.8. The zero-order valence-corrected chi connectivity index (χ0v) is 14.9. The van der Waals surface area contributed by atoms with E-state index in [4.69, 9.17) is 30.5 Å². The van der Waals surface area contributed by atoms with Crippen molar-refractivity contribution in [2.75, 3.05) is 46.2 Å². The number of benzene rings is 1. The standard InChI is InChI=1S/C16H23ClO4S/c1-18-12-9-11-5-4-8-22-13(10-21-7-6-17)14(11)16(20-3)15(12)19-2/h9,13H,4-8,10H2,1-3H3. The van der Waals surface area contributed by atoms with Crippen LogP contribution in [0.4, 0.5) is 0 Å². The topological polar surface area (TPSA) is 36.9 Å². The lowest BCUT2D eigenvalue weighted by molar-refractivity contribution is 0.150. The number of alkyl halides is 1. The van der Waals surface area contributed by atoms with E-state index >= 15 is 0 Å². The van der Waals surface area contributed by atoms with Gasteiger partial charge in [-0.1, -0.05) is 0 Å². The van der Waals surface area contributed by atoms with Crippen LogP contribution >= 0.6 is 23.4 Å². The molecule has 6 heteroatoms. The van der Waals surface area contributed by atoms with E-state index in [0.717, 1.165) is 29.9 Å². The Morgan fingerprint density at radius 3 is 2.59 bits per heavy atom. The average molecular weight is 347 g/mol. The highest BCUT2D eigenvalue weighted by Crippen LogP contribution is 2.49. The number of hydrogen-bond donors (Lipinski definition) is 0. The molecule has 0 bridgehead atoms. The number of methoxy groups -OCH3 is 3. The molecule has 22 heavy (non-hydrogen) atoms. The Kier molecular flexibility index (Phi) is 6.99. The van der Waals surface area contributed by atoms with E-state index in [2.05, 4.69) is 6.07 Å². The molecule has 0 aromatic heterocycles. The molecule has 0 saturated heterocycles. The van der Waals surface area contributed by atoms with Gasteiger partial charge in [-0.15, -0.1) is 11.6 Å². The molecule has 0 saturated carbocycles. The number of rotatable bonds is 7. The second-order valence-electron chi connectivity index (χ2n) is 4.95. The van der Waals surface area contributed by atoms with Crippen LogP contribution in [0, 0.1) is 0 Å². The first-order valence-electron chi connectivity index (χ1n) is 7.33. The molecule has 0 spiro atoms. The quantitative estimate of drug-likeness (QED) is 0.556. The smallest absolute Gasteiger partial charge is 0.203 e. The maximum atomic E-state index is 5.70. The van der Waals surface area contributed by atoms with Crippen LogP contribution in [0.1, 0.15) is 22.8 Å². The van der Waals surface area contributed by atoms with Gasteiger partial charge in [0.2, 0.25) is 5.75 Å².